The Balaban J connectivity index is 1.75. The van der Waals surface area contributed by atoms with E-state index in [2.05, 4.69) is 17.0 Å². The molecule has 2 fully saturated rings. The number of carbonyl (C=O) groups is 1. The van der Waals surface area contributed by atoms with Gasteiger partial charge in [0.05, 0.1) is 0 Å². The Labute approximate surface area is 103 Å². The van der Waals surface area contributed by atoms with E-state index in [4.69, 9.17) is 0 Å². The van der Waals surface area contributed by atoms with E-state index < -0.39 is 0 Å². The van der Waals surface area contributed by atoms with Crippen LogP contribution in [0, 0.1) is 5.92 Å². The van der Waals surface area contributed by atoms with Crippen molar-refractivity contribution >= 4 is 5.91 Å². The molecule has 2 aliphatic rings. The molecule has 1 amide bonds. The van der Waals surface area contributed by atoms with E-state index in [0.29, 0.717) is 17.9 Å². The Morgan fingerprint density at radius 1 is 1.18 bits per heavy atom. The number of amides is 1. The summed E-state index contributed by atoms with van der Waals surface area (Å²) in [5.74, 6) is 1.04. The second-order valence-corrected chi connectivity index (χ2v) is 5.40. The number of piperidine rings is 1. The lowest BCUT2D eigenvalue weighted by Gasteiger charge is -2.42. The Morgan fingerprint density at radius 3 is 2.82 bits per heavy atom. The van der Waals surface area contributed by atoms with Crippen molar-refractivity contribution in [3.8, 4) is 0 Å². The summed E-state index contributed by atoms with van der Waals surface area (Å²) in [4.78, 5) is 14.3. The van der Waals surface area contributed by atoms with Gasteiger partial charge in [-0.2, -0.15) is 0 Å². The number of rotatable bonds is 2. The molecule has 90 valence electrons. The SMILES string of the molecule is O=C1C[C@H]2CCC[C@H](C2)N1Cc1ccccc1. The maximum Gasteiger partial charge on any atom is 0.223 e. The maximum absolute atomic E-state index is 12.1. The molecule has 1 saturated heterocycles. The molecule has 2 nitrogen and oxygen atoms in total. The summed E-state index contributed by atoms with van der Waals surface area (Å²) in [6.45, 7) is 0.803. The van der Waals surface area contributed by atoms with Crippen LogP contribution in [0.15, 0.2) is 30.3 Å². The van der Waals surface area contributed by atoms with Gasteiger partial charge in [0.15, 0.2) is 0 Å². The van der Waals surface area contributed by atoms with E-state index in [1.54, 1.807) is 0 Å². The van der Waals surface area contributed by atoms with Gasteiger partial charge in [0, 0.05) is 19.0 Å². The van der Waals surface area contributed by atoms with Crippen LogP contribution in [0.25, 0.3) is 0 Å². The summed E-state index contributed by atoms with van der Waals surface area (Å²) in [5, 5.41) is 0. The summed E-state index contributed by atoms with van der Waals surface area (Å²) >= 11 is 0. The van der Waals surface area contributed by atoms with Crippen molar-refractivity contribution < 1.29 is 4.79 Å². The molecular weight excluding hydrogens is 210 g/mol. The van der Waals surface area contributed by atoms with Gasteiger partial charge < -0.3 is 4.90 Å². The third-order valence-electron chi connectivity index (χ3n) is 4.18. The number of nitrogens with zero attached hydrogens (tertiary/aromatic N) is 1. The van der Waals surface area contributed by atoms with Gasteiger partial charge in [-0.05, 0) is 30.7 Å². The fraction of sp³-hybridized carbons (Fsp3) is 0.533. The predicted molar refractivity (Wildman–Crippen MR) is 67.4 cm³/mol. The summed E-state index contributed by atoms with van der Waals surface area (Å²) in [5.41, 5.74) is 1.25. The van der Waals surface area contributed by atoms with Crippen molar-refractivity contribution in [1.29, 1.82) is 0 Å². The molecule has 1 heterocycles. The topological polar surface area (TPSA) is 20.3 Å². The first-order chi connectivity index (χ1) is 8.33. The third kappa shape index (κ3) is 2.21. The van der Waals surface area contributed by atoms with E-state index in [9.17, 15) is 4.79 Å². The molecule has 3 rings (SSSR count). The van der Waals surface area contributed by atoms with Crippen LogP contribution in [0.4, 0.5) is 0 Å². The minimum Gasteiger partial charge on any atom is -0.335 e. The smallest absolute Gasteiger partial charge is 0.223 e. The molecule has 1 aliphatic heterocycles. The lowest BCUT2D eigenvalue weighted by atomic mass is 9.79. The maximum atomic E-state index is 12.1. The average molecular weight is 229 g/mol. The minimum absolute atomic E-state index is 0.370. The minimum atomic E-state index is 0.370. The molecule has 1 saturated carbocycles. The first-order valence-corrected chi connectivity index (χ1v) is 6.66. The molecule has 0 unspecified atom stereocenters. The number of likely N-dealkylation sites (tertiary alicyclic amines) is 1. The molecular formula is C15H19NO. The standard InChI is InChI=1S/C15H19NO/c17-15-10-13-7-4-8-14(9-13)16(15)11-12-5-2-1-3-6-12/h1-3,5-6,13-14H,4,7-11H2/t13-,14+/m0/s1. The molecule has 0 spiro atoms. The first-order valence-electron chi connectivity index (χ1n) is 6.66. The van der Waals surface area contributed by atoms with Crippen LogP contribution in [0.5, 0.6) is 0 Å². The van der Waals surface area contributed by atoms with Gasteiger partial charge in [-0.3, -0.25) is 4.79 Å². The number of carbonyl (C=O) groups excluding carboxylic acids is 1. The lowest BCUT2D eigenvalue weighted by Crippen LogP contribution is -2.47. The van der Waals surface area contributed by atoms with Crippen LogP contribution in [-0.2, 0) is 11.3 Å². The van der Waals surface area contributed by atoms with E-state index in [1.165, 1.54) is 31.2 Å². The molecule has 2 atom stereocenters. The highest BCUT2D eigenvalue weighted by Gasteiger charge is 2.35. The van der Waals surface area contributed by atoms with Crippen LogP contribution >= 0.6 is 0 Å². The zero-order valence-corrected chi connectivity index (χ0v) is 10.1. The largest absolute Gasteiger partial charge is 0.335 e. The molecule has 0 aromatic heterocycles. The van der Waals surface area contributed by atoms with Crippen LogP contribution in [0.1, 0.15) is 37.7 Å². The molecule has 2 heteroatoms. The van der Waals surface area contributed by atoms with Gasteiger partial charge in [-0.1, -0.05) is 36.8 Å². The molecule has 17 heavy (non-hydrogen) atoms. The number of hydrogen-bond acceptors (Lipinski definition) is 1. The molecule has 0 N–H and O–H groups in total. The quantitative estimate of drug-likeness (QED) is 0.763. The summed E-state index contributed by atoms with van der Waals surface area (Å²) in [7, 11) is 0. The van der Waals surface area contributed by atoms with Gasteiger partial charge in [-0.25, -0.2) is 0 Å². The molecule has 1 aromatic carbocycles. The summed E-state index contributed by atoms with van der Waals surface area (Å²) in [6, 6.07) is 10.9. The number of hydrogen-bond donors (Lipinski definition) is 0. The molecule has 1 aliphatic carbocycles. The normalized spacial score (nSPS) is 28.2. The van der Waals surface area contributed by atoms with Crippen molar-refractivity contribution in [3.63, 3.8) is 0 Å². The number of fused-ring (bicyclic) bond motifs is 2. The van der Waals surface area contributed by atoms with E-state index in [-0.39, 0.29) is 0 Å². The molecule has 0 radical (unpaired) electrons. The first kappa shape index (κ1) is 10.8. The predicted octanol–water partition coefficient (Wildman–Crippen LogP) is 2.98. The van der Waals surface area contributed by atoms with Crippen LogP contribution in [-0.4, -0.2) is 16.8 Å². The fourth-order valence-electron chi connectivity index (χ4n) is 3.30. The highest BCUT2D eigenvalue weighted by molar-refractivity contribution is 5.77. The average Bonchev–Trinajstić information content (AvgIpc) is 2.36. The summed E-state index contributed by atoms with van der Waals surface area (Å²) in [6.07, 6.45) is 5.78. The van der Waals surface area contributed by atoms with Crippen molar-refractivity contribution in [2.75, 3.05) is 0 Å². The lowest BCUT2D eigenvalue weighted by molar-refractivity contribution is -0.141. The monoisotopic (exact) mass is 229 g/mol. The fourth-order valence-corrected chi connectivity index (χ4v) is 3.30. The Kier molecular flexibility index (Phi) is 2.87. The van der Waals surface area contributed by atoms with Gasteiger partial charge >= 0.3 is 0 Å². The molecule has 1 aromatic rings. The second kappa shape index (κ2) is 4.52. The van der Waals surface area contributed by atoms with Crippen molar-refractivity contribution in [2.45, 2.75) is 44.7 Å². The van der Waals surface area contributed by atoms with Crippen molar-refractivity contribution in [2.24, 2.45) is 5.92 Å². The highest BCUT2D eigenvalue weighted by atomic mass is 16.2. The van der Waals surface area contributed by atoms with Crippen molar-refractivity contribution in [1.82, 2.24) is 4.90 Å². The van der Waals surface area contributed by atoms with Crippen molar-refractivity contribution in [3.05, 3.63) is 35.9 Å². The Morgan fingerprint density at radius 2 is 2.00 bits per heavy atom. The Hall–Kier alpha value is -1.31. The third-order valence-corrected chi connectivity index (χ3v) is 4.18. The Bertz CT molecular complexity index is 401. The molecule has 2 bridgehead atoms. The van der Waals surface area contributed by atoms with Gasteiger partial charge in [0.2, 0.25) is 5.91 Å². The zero-order valence-electron chi connectivity index (χ0n) is 10.1. The van der Waals surface area contributed by atoms with Crippen LogP contribution < -0.4 is 0 Å². The van der Waals surface area contributed by atoms with Crippen LogP contribution in [0.3, 0.4) is 0 Å². The number of benzene rings is 1. The highest BCUT2D eigenvalue weighted by Crippen LogP contribution is 2.35. The second-order valence-electron chi connectivity index (χ2n) is 5.40. The summed E-state index contributed by atoms with van der Waals surface area (Å²) < 4.78 is 0. The van der Waals surface area contributed by atoms with Crippen LogP contribution in [0.2, 0.25) is 0 Å². The van der Waals surface area contributed by atoms with Gasteiger partial charge in [0.1, 0.15) is 0 Å². The van der Waals surface area contributed by atoms with E-state index in [1.807, 2.05) is 18.2 Å². The van der Waals surface area contributed by atoms with Gasteiger partial charge in [-0.15, -0.1) is 0 Å². The van der Waals surface area contributed by atoms with E-state index >= 15 is 0 Å². The zero-order chi connectivity index (χ0) is 11.7. The van der Waals surface area contributed by atoms with Gasteiger partial charge in [0.25, 0.3) is 0 Å². The van der Waals surface area contributed by atoms with E-state index in [0.717, 1.165) is 13.0 Å².